The fourth-order valence-corrected chi connectivity index (χ4v) is 2.90. The summed E-state index contributed by atoms with van der Waals surface area (Å²) in [6, 6.07) is 6.47. The molecule has 0 amide bonds. The summed E-state index contributed by atoms with van der Waals surface area (Å²) in [4.78, 5) is -0.0394. The summed E-state index contributed by atoms with van der Waals surface area (Å²) in [7, 11) is -4.08. The monoisotopic (exact) mass is 342 g/mol. The first-order valence-corrected chi connectivity index (χ1v) is 10.1. The fourth-order valence-electron chi connectivity index (χ4n) is 2.42. The van der Waals surface area contributed by atoms with Crippen LogP contribution in [0.2, 0.25) is 0 Å². The van der Waals surface area contributed by atoms with Gasteiger partial charge in [0.1, 0.15) is 0 Å². The Balaban J connectivity index is 2.01. The minimum atomic E-state index is -4.08. The van der Waals surface area contributed by atoms with Gasteiger partial charge in [-0.15, -0.1) is 0 Å². The molecule has 0 heterocycles. The molecule has 0 spiro atoms. The molecule has 0 aliphatic heterocycles. The van der Waals surface area contributed by atoms with Gasteiger partial charge >= 0.3 is 0 Å². The van der Waals surface area contributed by atoms with Crippen molar-refractivity contribution >= 4 is 10.1 Å². The molecule has 23 heavy (non-hydrogen) atoms. The van der Waals surface area contributed by atoms with Crippen molar-refractivity contribution in [1.82, 2.24) is 0 Å². The predicted molar refractivity (Wildman–Crippen MR) is 93.4 cm³/mol. The standard InChI is InChI=1S/C18H30O4S/c1-2-3-15-22-16-9-7-5-4-6-8-10-17-11-13-18(14-12-17)23(19,20)21/h11-14H,2-10,15-16H2,1H3,(H,19,20,21). The second-order valence-corrected chi connectivity index (χ2v) is 7.38. The van der Waals surface area contributed by atoms with Gasteiger partial charge in [0.2, 0.25) is 0 Å². The highest BCUT2D eigenvalue weighted by Crippen LogP contribution is 2.13. The summed E-state index contributed by atoms with van der Waals surface area (Å²) < 4.78 is 36.4. The first-order valence-electron chi connectivity index (χ1n) is 8.68. The molecule has 0 radical (unpaired) electrons. The molecule has 1 aromatic rings. The summed E-state index contributed by atoms with van der Waals surface area (Å²) in [5.74, 6) is 0. The Morgan fingerprint density at radius 3 is 2.04 bits per heavy atom. The normalized spacial score (nSPS) is 11.7. The molecule has 132 valence electrons. The van der Waals surface area contributed by atoms with Crippen molar-refractivity contribution in [3.63, 3.8) is 0 Å². The van der Waals surface area contributed by atoms with Gasteiger partial charge in [-0.2, -0.15) is 8.42 Å². The van der Waals surface area contributed by atoms with Crippen molar-refractivity contribution in [2.45, 2.75) is 69.6 Å². The third-order valence-electron chi connectivity index (χ3n) is 3.87. The van der Waals surface area contributed by atoms with Gasteiger partial charge < -0.3 is 4.74 Å². The topological polar surface area (TPSA) is 63.6 Å². The SMILES string of the molecule is CCCCOCCCCCCCCc1ccc(S(=O)(=O)O)cc1. The number of aryl methyl sites for hydroxylation is 1. The molecule has 0 aliphatic carbocycles. The van der Waals surface area contributed by atoms with E-state index in [4.69, 9.17) is 9.29 Å². The lowest BCUT2D eigenvalue weighted by molar-refractivity contribution is 0.127. The molecular formula is C18H30O4S. The van der Waals surface area contributed by atoms with E-state index in [0.29, 0.717) is 0 Å². The van der Waals surface area contributed by atoms with Gasteiger partial charge in [-0.3, -0.25) is 4.55 Å². The first-order chi connectivity index (χ1) is 11.0. The van der Waals surface area contributed by atoms with Crippen molar-refractivity contribution in [3.05, 3.63) is 29.8 Å². The van der Waals surface area contributed by atoms with Gasteiger partial charge in [0.25, 0.3) is 10.1 Å². The molecule has 0 unspecified atom stereocenters. The summed E-state index contributed by atoms with van der Waals surface area (Å²) in [6.45, 7) is 3.96. The van der Waals surface area contributed by atoms with Crippen LogP contribution in [0.25, 0.3) is 0 Å². The number of rotatable bonds is 13. The van der Waals surface area contributed by atoms with Gasteiger partial charge in [-0.05, 0) is 43.4 Å². The van der Waals surface area contributed by atoms with Gasteiger partial charge in [0.05, 0.1) is 4.90 Å². The molecular weight excluding hydrogens is 312 g/mol. The van der Waals surface area contributed by atoms with E-state index in [2.05, 4.69) is 6.92 Å². The largest absolute Gasteiger partial charge is 0.381 e. The fraction of sp³-hybridized carbons (Fsp3) is 0.667. The summed E-state index contributed by atoms with van der Waals surface area (Å²) in [6.07, 6.45) is 10.5. The molecule has 1 rings (SSSR count). The van der Waals surface area contributed by atoms with Gasteiger partial charge in [-0.1, -0.05) is 51.2 Å². The second-order valence-electron chi connectivity index (χ2n) is 5.96. The van der Waals surface area contributed by atoms with E-state index in [9.17, 15) is 8.42 Å². The number of unbranched alkanes of at least 4 members (excludes halogenated alkanes) is 6. The van der Waals surface area contributed by atoms with Crippen molar-refractivity contribution in [1.29, 1.82) is 0 Å². The molecule has 5 heteroatoms. The molecule has 0 atom stereocenters. The van der Waals surface area contributed by atoms with Crippen LogP contribution in [0.4, 0.5) is 0 Å². The zero-order chi connectivity index (χ0) is 17.0. The van der Waals surface area contributed by atoms with E-state index in [-0.39, 0.29) is 4.90 Å². The van der Waals surface area contributed by atoms with Gasteiger partial charge in [0, 0.05) is 13.2 Å². The minimum absolute atomic E-state index is 0.0394. The van der Waals surface area contributed by atoms with E-state index >= 15 is 0 Å². The first kappa shape index (κ1) is 20.1. The van der Waals surface area contributed by atoms with Crippen LogP contribution in [-0.4, -0.2) is 26.2 Å². The number of hydrogen-bond acceptors (Lipinski definition) is 3. The quantitative estimate of drug-likeness (QED) is 0.419. The molecule has 1 aromatic carbocycles. The Bertz CT molecular complexity index is 508. The molecule has 0 aromatic heterocycles. The maximum atomic E-state index is 10.9. The lowest BCUT2D eigenvalue weighted by Gasteiger charge is -2.04. The van der Waals surface area contributed by atoms with Crippen molar-refractivity contribution < 1.29 is 17.7 Å². The molecule has 4 nitrogen and oxygen atoms in total. The zero-order valence-electron chi connectivity index (χ0n) is 14.2. The Hall–Kier alpha value is -0.910. The van der Waals surface area contributed by atoms with Crippen LogP contribution < -0.4 is 0 Å². The highest BCUT2D eigenvalue weighted by molar-refractivity contribution is 7.85. The van der Waals surface area contributed by atoms with Crippen molar-refractivity contribution in [2.24, 2.45) is 0 Å². The van der Waals surface area contributed by atoms with Crippen molar-refractivity contribution in [3.8, 4) is 0 Å². The zero-order valence-corrected chi connectivity index (χ0v) is 15.0. The number of hydrogen-bond donors (Lipinski definition) is 1. The van der Waals surface area contributed by atoms with Crippen LogP contribution >= 0.6 is 0 Å². The van der Waals surface area contributed by atoms with Crippen LogP contribution in [0.5, 0.6) is 0 Å². The molecule has 1 N–H and O–H groups in total. The van der Waals surface area contributed by atoms with Crippen LogP contribution in [0, 0.1) is 0 Å². The predicted octanol–water partition coefficient (Wildman–Crippen LogP) is 4.63. The lowest BCUT2D eigenvalue weighted by Crippen LogP contribution is -1.98. The second kappa shape index (κ2) is 11.6. The third kappa shape index (κ3) is 9.74. The molecule has 0 saturated heterocycles. The summed E-state index contributed by atoms with van der Waals surface area (Å²) in [5, 5.41) is 0. The maximum Gasteiger partial charge on any atom is 0.294 e. The highest BCUT2D eigenvalue weighted by Gasteiger charge is 2.08. The highest BCUT2D eigenvalue weighted by atomic mass is 32.2. The van der Waals surface area contributed by atoms with Crippen molar-refractivity contribution in [2.75, 3.05) is 13.2 Å². The lowest BCUT2D eigenvalue weighted by atomic mass is 10.1. The summed E-state index contributed by atoms with van der Waals surface area (Å²) in [5.41, 5.74) is 1.11. The minimum Gasteiger partial charge on any atom is -0.381 e. The van der Waals surface area contributed by atoms with E-state index in [0.717, 1.165) is 44.5 Å². The molecule has 0 aliphatic rings. The average molecular weight is 343 g/mol. The third-order valence-corrected chi connectivity index (χ3v) is 4.74. The Kier molecular flexibility index (Phi) is 10.2. The van der Waals surface area contributed by atoms with Crippen LogP contribution in [-0.2, 0) is 21.3 Å². The van der Waals surface area contributed by atoms with E-state index < -0.39 is 10.1 Å². The van der Waals surface area contributed by atoms with Gasteiger partial charge in [0.15, 0.2) is 0 Å². The van der Waals surface area contributed by atoms with Gasteiger partial charge in [-0.25, -0.2) is 0 Å². The average Bonchev–Trinajstić information content (AvgIpc) is 2.52. The molecule has 0 bridgehead atoms. The van der Waals surface area contributed by atoms with Crippen LogP contribution in [0.15, 0.2) is 29.2 Å². The Morgan fingerprint density at radius 2 is 1.43 bits per heavy atom. The van der Waals surface area contributed by atoms with E-state index in [1.807, 2.05) is 0 Å². The van der Waals surface area contributed by atoms with E-state index in [1.165, 1.54) is 44.2 Å². The molecule has 0 fully saturated rings. The number of benzene rings is 1. The van der Waals surface area contributed by atoms with Crippen LogP contribution in [0.1, 0.15) is 63.9 Å². The number of ether oxygens (including phenoxy) is 1. The van der Waals surface area contributed by atoms with E-state index in [1.54, 1.807) is 12.1 Å². The smallest absolute Gasteiger partial charge is 0.294 e. The van der Waals surface area contributed by atoms with Crippen LogP contribution in [0.3, 0.4) is 0 Å². The molecule has 0 saturated carbocycles. The Morgan fingerprint density at radius 1 is 0.870 bits per heavy atom. The Labute approximate surface area is 141 Å². The summed E-state index contributed by atoms with van der Waals surface area (Å²) >= 11 is 0. The maximum absolute atomic E-state index is 10.9.